The van der Waals surface area contributed by atoms with Gasteiger partial charge in [-0.3, -0.25) is 19.4 Å². The van der Waals surface area contributed by atoms with Gasteiger partial charge in [0.2, 0.25) is 5.91 Å². The molecule has 2 aromatic rings. The molecule has 164 valence electrons. The number of carbonyl (C=O) groups is 3. The highest BCUT2D eigenvalue weighted by atomic mass is 32.1. The van der Waals surface area contributed by atoms with Gasteiger partial charge >= 0.3 is 0 Å². The zero-order valence-electron chi connectivity index (χ0n) is 17.7. The van der Waals surface area contributed by atoms with Gasteiger partial charge in [-0.05, 0) is 42.7 Å². The highest BCUT2D eigenvalue weighted by Gasteiger charge is 2.45. The number of rotatable bonds is 6. The van der Waals surface area contributed by atoms with Crippen molar-refractivity contribution >= 4 is 28.9 Å². The van der Waals surface area contributed by atoms with Crippen molar-refractivity contribution in [3.63, 3.8) is 0 Å². The van der Waals surface area contributed by atoms with Crippen LogP contribution in [0.5, 0.6) is 0 Å². The van der Waals surface area contributed by atoms with E-state index < -0.39 is 12.1 Å². The first-order valence-corrected chi connectivity index (χ1v) is 11.6. The van der Waals surface area contributed by atoms with Crippen LogP contribution in [0, 0.1) is 5.92 Å². The van der Waals surface area contributed by atoms with Gasteiger partial charge in [0.15, 0.2) is 5.78 Å². The molecule has 0 aliphatic carbocycles. The summed E-state index contributed by atoms with van der Waals surface area (Å²) in [6.07, 6.45) is 5.06. The van der Waals surface area contributed by atoms with Crippen LogP contribution in [0.25, 0.3) is 10.4 Å². The predicted octanol–water partition coefficient (Wildman–Crippen LogP) is 2.91. The average molecular weight is 442 g/mol. The Hall–Kier alpha value is -2.58. The van der Waals surface area contributed by atoms with Crippen molar-refractivity contribution in [3.8, 4) is 10.4 Å². The van der Waals surface area contributed by atoms with E-state index in [1.165, 1.54) is 6.20 Å². The molecule has 0 spiro atoms. The molecule has 1 N–H and O–H groups in total. The molecule has 0 saturated carbocycles. The lowest BCUT2D eigenvalue weighted by Crippen LogP contribution is -2.58. The van der Waals surface area contributed by atoms with Gasteiger partial charge in [0.05, 0.1) is 11.7 Å². The quantitative estimate of drug-likeness (QED) is 0.745. The monoisotopic (exact) mass is 441 g/mol. The Morgan fingerprint density at radius 2 is 2.19 bits per heavy atom. The van der Waals surface area contributed by atoms with Crippen molar-refractivity contribution in [2.24, 2.45) is 5.92 Å². The van der Waals surface area contributed by atoms with E-state index in [4.69, 9.17) is 4.74 Å². The molecule has 4 heterocycles. The maximum atomic E-state index is 13.4. The van der Waals surface area contributed by atoms with Gasteiger partial charge in [0.25, 0.3) is 5.91 Å². The summed E-state index contributed by atoms with van der Waals surface area (Å²) in [5, 5.41) is 4.88. The van der Waals surface area contributed by atoms with Gasteiger partial charge in [0.1, 0.15) is 18.7 Å². The third kappa shape index (κ3) is 4.70. The lowest BCUT2D eigenvalue weighted by molar-refractivity contribution is -0.142. The van der Waals surface area contributed by atoms with Crippen LogP contribution in [0.15, 0.2) is 36.0 Å². The molecule has 2 fully saturated rings. The smallest absolute Gasteiger partial charge is 0.253 e. The van der Waals surface area contributed by atoms with Gasteiger partial charge < -0.3 is 15.0 Å². The van der Waals surface area contributed by atoms with Crippen LogP contribution in [0.3, 0.4) is 0 Å². The van der Waals surface area contributed by atoms with E-state index >= 15 is 0 Å². The fourth-order valence-corrected chi connectivity index (χ4v) is 5.02. The number of thiophene rings is 1. The Morgan fingerprint density at radius 3 is 2.94 bits per heavy atom. The number of likely N-dealkylation sites (tertiary alicyclic amines) is 1. The summed E-state index contributed by atoms with van der Waals surface area (Å²) in [7, 11) is 0. The average Bonchev–Trinajstić information content (AvgIpc) is 3.43. The molecule has 7 nitrogen and oxygen atoms in total. The zero-order valence-corrected chi connectivity index (χ0v) is 18.6. The summed E-state index contributed by atoms with van der Waals surface area (Å²) in [5.41, 5.74) is 1.27. The number of nitrogens with one attached hydrogen (secondary N) is 1. The number of amides is 2. The Bertz CT molecular complexity index is 959. The van der Waals surface area contributed by atoms with Crippen LogP contribution < -0.4 is 5.32 Å². The maximum absolute atomic E-state index is 13.4. The lowest BCUT2D eigenvalue weighted by Gasteiger charge is -2.37. The highest BCUT2D eigenvalue weighted by molar-refractivity contribution is 7.13. The first-order chi connectivity index (χ1) is 14.9. The van der Waals surface area contributed by atoms with Crippen molar-refractivity contribution in [2.75, 3.05) is 13.2 Å². The number of ketones is 1. The number of hydrogen-bond acceptors (Lipinski definition) is 6. The van der Waals surface area contributed by atoms with Gasteiger partial charge in [-0.1, -0.05) is 19.9 Å². The molecule has 4 rings (SSSR count). The predicted molar refractivity (Wildman–Crippen MR) is 118 cm³/mol. The van der Waals surface area contributed by atoms with Crippen LogP contribution in [0.1, 0.15) is 43.5 Å². The van der Waals surface area contributed by atoms with Gasteiger partial charge in [0, 0.05) is 29.4 Å². The minimum Gasteiger partial charge on any atom is -0.368 e. The summed E-state index contributed by atoms with van der Waals surface area (Å²) >= 11 is 1.58. The third-order valence-corrected chi connectivity index (χ3v) is 6.66. The third-order valence-electron chi connectivity index (χ3n) is 5.74. The maximum Gasteiger partial charge on any atom is 0.253 e. The number of hydrogen-bond donors (Lipinski definition) is 1. The minimum atomic E-state index is -0.704. The van der Waals surface area contributed by atoms with Crippen molar-refractivity contribution in [2.45, 2.75) is 51.3 Å². The molecule has 2 unspecified atom stereocenters. The van der Waals surface area contributed by atoms with E-state index in [1.54, 1.807) is 28.5 Å². The van der Waals surface area contributed by atoms with E-state index in [0.29, 0.717) is 18.5 Å². The number of pyridine rings is 1. The minimum absolute atomic E-state index is 0.0551. The standard InChI is InChI=1S/C23H27N3O4S/c1-14(2)9-17(23(29)26-7-3-5-19-21(26)18(27)13-30-19)25-22(28)16-10-15(11-24-12-16)20-6-4-8-31-20/h4,6,8,10-12,14,17,19,21H,3,5,7,9,13H2,1-2H3,(H,25,28)/t17-,19?,21?/m0/s1. The number of piperidine rings is 1. The number of Topliss-reactive ketones (excluding diaryl/α,β-unsaturated/α-hetero) is 1. The SMILES string of the molecule is CC(C)C[C@H](NC(=O)c1cncc(-c2cccs2)c1)C(=O)N1CCCC2OCC(=O)C21. The zero-order chi connectivity index (χ0) is 22.0. The van der Waals surface area contributed by atoms with Crippen LogP contribution in [-0.4, -0.2) is 58.8 Å². The Labute approximate surface area is 185 Å². The summed E-state index contributed by atoms with van der Waals surface area (Å²) < 4.78 is 5.57. The molecule has 2 aromatic heterocycles. The summed E-state index contributed by atoms with van der Waals surface area (Å²) in [4.78, 5) is 45.7. The summed E-state index contributed by atoms with van der Waals surface area (Å²) in [6.45, 7) is 4.58. The molecule has 2 saturated heterocycles. The normalized spacial score (nSPS) is 21.8. The van der Waals surface area contributed by atoms with Crippen LogP contribution >= 0.6 is 11.3 Å². The summed E-state index contributed by atoms with van der Waals surface area (Å²) in [5.74, 6) is -0.410. The highest BCUT2D eigenvalue weighted by Crippen LogP contribution is 2.28. The second kappa shape index (κ2) is 9.28. The van der Waals surface area contributed by atoms with Crippen LogP contribution in [0.4, 0.5) is 0 Å². The second-order valence-corrected chi connectivity index (χ2v) is 9.48. The van der Waals surface area contributed by atoms with Crippen LogP contribution in [-0.2, 0) is 14.3 Å². The van der Waals surface area contributed by atoms with Crippen molar-refractivity contribution in [1.82, 2.24) is 15.2 Å². The number of nitrogens with zero attached hydrogens (tertiary/aromatic N) is 2. The van der Waals surface area contributed by atoms with E-state index in [-0.39, 0.29) is 36.2 Å². The largest absolute Gasteiger partial charge is 0.368 e. The van der Waals surface area contributed by atoms with Gasteiger partial charge in [-0.25, -0.2) is 0 Å². The molecule has 0 radical (unpaired) electrons. The first-order valence-electron chi connectivity index (χ1n) is 10.7. The van der Waals surface area contributed by atoms with Crippen LogP contribution in [0.2, 0.25) is 0 Å². The van der Waals surface area contributed by atoms with Gasteiger partial charge in [-0.2, -0.15) is 0 Å². The lowest BCUT2D eigenvalue weighted by atomic mass is 9.95. The molecule has 3 atom stereocenters. The molecular weight excluding hydrogens is 414 g/mol. The molecule has 0 aromatic carbocycles. The number of aromatic nitrogens is 1. The fourth-order valence-electron chi connectivity index (χ4n) is 4.31. The molecule has 2 amide bonds. The second-order valence-electron chi connectivity index (χ2n) is 8.53. The number of carbonyl (C=O) groups excluding carboxylic acids is 3. The van der Waals surface area contributed by atoms with Crippen molar-refractivity contribution in [3.05, 3.63) is 41.5 Å². The van der Waals surface area contributed by atoms with E-state index in [9.17, 15) is 14.4 Å². The molecule has 2 aliphatic heterocycles. The number of ether oxygens (including phenoxy) is 1. The molecule has 31 heavy (non-hydrogen) atoms. The molecule has 2 aliphatic rings. The van der Waals surface area contributed by atoms with Crippen molar-refractivity contribution in [1.29, 1.82) is 0 Å². The Kier molecular flexibility index (Phi) is 6.48. The van der Waals surface area contributed by atoms with E-state index in [2.05, 4.69) is 10.3 Å². The molecule has 8 heteroatoms. The van der Waals surface area contributed by atoms with E-state index in [1.807, 2.05) is 31.4 Å². The fraction of sp³-hybridized carbons (Fsp3) is 0.478. The van der Waals surface area contributed by atoms with E-state index in [0.717, 1.165) is 23.3 Å². The van der Waals surface area contributed by atoms with Gasteiger partial charge in [-0.15, -0.1) is 11.3 Å². The topological polar surface area (TPSA) is 88.6 Å². The summed E-state index contributed by atoms with van der Waals surface area (Å²) in [6, 6.07) is 4.48. The van der Waals surface area contributed by atoms with Crippen molar-refractivity contribution < 1.29 is 19.1 Å². The Morgan fingerprint density at radius 1 is 1.35 bits per heavy atom. The number of fused-ring (bicyclic) bond motifs is 1. The Balaban J connectivity index is 1.53. The molecule has 0 bridgehead atoms. The first kappa shape index (κ1) is 21.6. The molecular formula is C23H27N3O4S.